The summed E-state index contributed by atoms with van der Waals surface area (Å²) < 4.78 is 33.0. The van der Waals surface area contributed by atoms with Gasteiger partial charge in [0.2, 0.25) is 0 Å². The molecule has 3 aliphatic carbocycles. The molecule has 0 saturated heterocycles. The van der Waals surface area contributed by atoms with Gasteiger partial charge >= 0.3 is 5.97 Å². The third-order valence-corrected chi connectivity index (χ3v) is 6.86. The molecular formula is C13H22N2O4S. The molecular weight excluding hydrogens is 280 g/mol. The molecule has 6 nitrogen and oxygen atoms in total. The van der Waals surface area contributed by atoms with E-state index >= 15 is 0 Å². The number of carbonyl (C=O) groups excluding carboxylic acids is 1. The Bertz CT molecular complexity index is 491. The van der Waals surface area contributed by atoms with E-state index < -0.39 is 16.2 Å². The van der Waals surface area contributed by atoms with E-state index in [-0.39, 0.29) is 19.0 Å². The first-order valence-corrected chi connectivity index (χ1v) is 8.68. The summed E-state index contributed by atoms with van der Waals surface area (Å²) in [5, 5.41) is 0. The lowest BCUT2D eigenvalue weighted by atomic mass is 10.0. The number of ether oxygens (including phenoxy) is 1. The van der Waals surface area contributed by atoms with Crippen LogP contribution in [0.3, 0.4) is 0 Å². The Hall–Kier alpha value is -0.660. The molecule has 0 amide bonds. The van der Waals surface area contributed by atoms with Gasteiger partial charge in [0.25, 0.3) is 10.2 Å². The number of hydrogen-bond donors (Lipinski definition) is 1. The number of nitrogens with zero attached hydrogens (tertiary/aromatic N) is 1. The first-order valence-electron chi connectivity index (χ1n) is 7.24. The number of nitrogens with one attached hydrogen (secondary N) is 1. The van der Waals surface area contributed by atoms with Crippen molar-refractivity contribution in [1.29, 1.82) is 0 Å². The number of rotatable bonds is 6. The van der Waals surface area contributed by atoms with Gasteiger partial charge in [-0.25, -0.2) is 0 Å². The minimum Gasteiger partial charge on any atom is -0.469 e. The number of hydrogen-bond acceptors (Lipinski definition) is 4. The predicted molar refractivity (Wildman–Crippen MR) is 72.9 cm³/mol. The minimum absolute atomic E-state index is 0.0800. The van der Waals surface area contributed by atoms with Crippen LogP contribution in [0.15, 0.2) is 0 Å². The quantitative estimate of drug-likeness (QED) is 0.719. The molecule has 2 bridgehead atoms. The third kappa shape index (κ3) is 2.35. The van der Waals surface area contributed by atoms with Gasteiger partial charge in [-0.3, -0.25) is 4.79 Å². The van der Waals surface area contributed by atoms with Crippen molar-refractivity contribution in [2.45, 2.75) is 31.7 Å². The fourth-order valence-corrected chi connectivity index (χ4v) is 5.39. The van der Waals surface area contributed by atoms with E-state index in [1.165, 1.54) is 37.7 Å². The van der Waals surface area contributed by atoms with Crippen molar-refractivity contribution in [2.24, 2.45) is 23.7 Å². The lowest BCUT2D eigenvalue weighted by molar-refractivity contribution is -0.140. The Morgan fingerprint density at radius 3 is 2.45 bits per heavy atom. The monoisotopic (exact) mass is 302 g/mol. The van der Waals surface area contributed by atoms with Gasteiger partial charge < -0.3 is 4.74 Å². The second-order valence-corrected chi connectivity index (χ2v) is 8.09. The highest BCUT2D eigenvalue weighted by Gasteiger charge is 2.65. The third-order valence-electron chi connectivity index (χ3n) is 5.29. The summed E-state index contributed by atoms with van der Waals surface area (Å²) >= 11 is 0. The van der Waals surface area contributed by atoms with Gasteiger partial charge in [-0.1, -0.05) is 0 Å². The van der Waals surface area contributed by atoms with Crippen LogP contribution in [-0.4, -0.2) is 45.4 Å². The Morgan fingerprint density at radius 2 is 1.90 bits per heavy atom. The van der Waals surface area contributed by atoms with Crippen LogP contribution in [0.1, 0.15) is 25.7 Å². The van der Waals surface area contributed by atoms with E-state index in [0.29, 0.717) is 11.8 Å². The van der Waals surface area contributed by atoms with Crippen molar-refractivity contribution in [1.82, 2.24) is 9.03 Å². The zero-order chi connectivity index (χ0) is 14.5. The fourth-order valence-electron chi connectivity index (χ4n) is 4.22. The normalized spacial score (nSPS) is 38.0. The van der Waals surface area contributed by atoms with E-state index in [2.05, 4.69) is 9.46 Å². The molecule has 20 heavy (non-hydrogen) atoms. The second-order valence-electron chi connectivity index (χ2n) is 6.28. The van der Waals surface area contributed by atoms with Crippen molar-refractivity contribution in [3.63, 3.8) is 0 Å². The Morgan fingerprint density at radius 1 is 1.30 bits per heavy atom. The van der Waals surface area contributed by atoms with Crippen LogP contribution in [-0.2, 0) is 19.7 Å². The van der Waals surface area contributed by atoms with Gasteiger partial charge in [-0.15, -0.1) is 0 Å². The summed E-state index contributed by atoms with van der Waals surface area (Å²) in [6.45, 7) is 0.150. The molecule has 0 aromatic carbocycles. The van der Waals surface area contributed by atoms with E-state index in [9.17, 15) is 13.2 Å². The summed E-state index contributed by atoms with van der Waals surface area (Å²) in [7, 11) is -0.687. The van der Waals surface area contributed by atoms with Gasteiger partial charge in [0.15, 0.2) is 0 Å². The van der Waals surface area contributed by atoms with E-state index in [4.69, 9.17) is 0 Å². The largest absolute Gasteiger partial charge is 0.469 e. The van der Waals surface area contributed by atoms with Gasteiger partial charge in [0.05, 0.1) is 13.5 Å². The topological polar surface area (TPSA) is 75.7 Å². The summed E-state index contributed by atoms with van der Waals surface area (Å²) in [6.07, 6.45) is 3.91. The predicted octanol–water partition coefficient (Wildman–Crippen LogP) is 0.360. The summed E-state index contributed by atoms with van der Waals surface area (Å²) in [5.41, 5.74) is 0. The number of esters is 1. The first-order chi connectivity index (χ1) is 9.44. The van der Waals surface area contributed by atoms with Crippen LogP contribution < -0.4 is 4.72 Å². The molecule has 0 aliphatic heterocycles. The molecule has 0 radical (unpaired) electrons. The van der Waals surface area contributed by atoms with Crippen molar-refractivity contribution in [3.05, 3.63) is 0 Å². The standard InChI is InChI=1S/C13H22N2O4S/c1-15(6-5-10(16)19-2)20(17,18)14-13-11-8-3-4-9(7-8)12(11)13/h8-9,11-14H,3-7H2,1-2H3. The number of carbonyl (C=O) groups is 1. The maximum Gasteiger partial charge on any atom is 0.306 e. The molecule has 0 heterocycles. The van der Waals surface area contributed by atoms with E-state index in [1.54, 1.807) is 0 Å². The molecule has 0 aromatic heterocycles. The Kier molecular flexibility index (Phi) is 3.54. The smallest absolute Gasteiger partial charge is 0.306 e. The number of methoxy groups -OCH3 is 1. The molecule has 0 spiro atoms. The van der Waals surface area contributed by atoms with E-state index in [0.717, 1.165) is 11.8 Å². The van der Waals surface area contributed by atoms with Gasteiger partial charge in [0, 0.05) is 19.6 Å². The highest BCUT2D eigenvalue weighted by molar-refractivity contribution is 7.87. The SMILES string of the molecule is COC(=O)CCN(C)S(=O)(=O)NC1C2C3CCC(C3)C12. The Labute approximate surface area is 120 Å². The summed E-state index contributed by atoms with van der Waals surface area (Å²) in [6, 6.07) is 0.131. The van der Waals surface area contributed by atoms with Crippen LogP contribution in [0.5, 0.6) is 0 Å². The molecule has 4 atom stereocenters. The maximum atomic E-state index is 12.2. The van der Waals surface area contributed by atoms with Crippen LogP contribution >= 0.6 is 0 Å². The van der Waals surface area contributed by atoms with Crippen LogP contribution in [0.4, 0.5) is 0 Å². The van der Waals surface area contributed by atoms with Crippen molar-refractivity contribution in [2.75, 3.05) is 20.7 Å². The van der Waals surface area contributed by atoms with Gasteiger partial charge in [-0.05, 0) is 42.9 Å². The molecule has 3 saturated carbocycles. The van der Waals surface area contributed by atoms with Crippen LogP contribution in [0, 0.1) is 23.7 Å². The van der Waals surface area contributed by atoms with Crippen molar-refractivity contribution in [3.8, 4) is 0 Å². The lowest BCUT2D eigenvalue weighted by Gasteiger charge is -2.18. The van der Waals surface area contributed by atoms with Crippen molar-refractivity contribution >= 4 is 16.2 Å². The Balaban J connectivity index is 1.53. The molecule has 3 rings (SSSR count). The summed E-state index contributed by atoms with van der Waals surface area (Å²) in [4.78, 5) is 11.1. The number of fused-ring (bicyclic) bond motifs is 5. The minimum atomic E-state index is -3.49. The molecule has 3 fully saturated rings. The average Bonchev–Trinajstić information content (AvgIpc) is 2.82. The lowest BCUT2D eigenvalue weighted by Crippen LogP contribution is -2.41. The van der Waals surface area contributed by atoms with E-state index in [1.807, 2.05) is 0 Å². The molecule has 1 N–H and O–H groups in total. The molecule has 4 unspecified atom stereocenters. The second kappa shape index (κ2) is 4.96. The highest BCUT2D eigenvalue weighted by atomic mass is 32.2. The highest BCUT2D eigenvalue weighted by Crippen LogP contribution is 2.65. The molecule has 0 aromatic rings. The zero-order valence-corrected chi connectivity index (χ0v) is 12.7. The molecule has 3 aliphatic rings. The first kappa shape index (κ1) is 14.3. The average molecular weight is 302 g/mol. The fraction of sp³-hybridized carbons (Fsp3) is 0.923. The zero-order valence-electron chi connectivity index (χ0n) is 11.9. The molecule has 7 heteroatoms. The van der Waals surface area contributed by atoms with Crippen LogP contribution in [0.2, 0.25) is 0 Å². The van der Waals surface area contributed by atoms with Crippen LogP contribution in [0.25, 0.3) is 0 Å². The van der Waals surface area contributed by atoms with Crippen molar-refractivity contribution < 1.29 is 17.9 Å². The summed E-state index contributed by atoms with van der Waals surface area (Å²) in [5.74, 6) is 2.21. The van der Waals surface area contributed by atoms with Gasteiger partial charge in [0.1, 0.15) is 0 Å². The van der Waals surface area contributed by atoms with Gasteiger partial charge in [-0.2, -0.15) is 17.4 Å². The maximum absolute atomic E-state index is 12.2. The molecule has 114 valence electrons.